The maximum Gasteiger partial charge on any atom is 0.411 e. The standard InChI is InChI=1S/C8H7NO2/c10-8-9-7-3-1-6(2-4-7)5-11-8/h1-4H,5H2,(H,9,10). The lowest BCUT2D eigenvalue weighted by atomic mass is 10.2. The van der Waals surface area contributed by atoms with Gasteiger partial charge in [0.2, 0.25) is 0 Å². The molecule has 3 rings (SSSR count). The van der Waals surface area contributed by atoms with E-state index in [1.54, 1.807) is 0 Å². The highest BCUT2D eigenvalue weighted by atomic mass is 16.5. The summed E-state index contributed by atoms with van der Waals surface area (Å²) in [5.41, 5.74) is 1.79. The van der Waals surface area contributed by atoms with Crippen LogP contribution in [0.5, 0.6) is 0 Å². The van der Waals surface area contributed by atoms with Gasteiger partial charge in [-0.25, -0.2) is 4.79 Å². The minimum Gasteiger partial charge on any atom is -0.444 e. The summed E-state index contributed by atoms with van der Waals surface area (Å²) in [6, 6.07) is 7.56. The molecule has 0 aromatic heterocycles. The van der Waals surface area contributed by atoms with Crippen molar-refractivity contribution in [3.05, 3.63) is 29.8 Å². The molecular formula is C8H7NO2. The molecule has 3 nitrogen and oxygen atoms in total. The van der Waals surface area contributed by atoms with Crippen molar-refractivity contribution in [3.8, 4) is 0 Å². The molecule has 56 valence electrons. The van der Waals surface area contributed by atoms with Gasteiger partial charge in [0, 0.05) is 5.69 Å². The summed E-state index contributed by atoms with van der Waals surface area (Å²) in [6.07, 6.45) is -0.383. The number of amides is 1. The Bertz CT molecular complexity index is 279. The lowest BCUT2D eigenvalue weighted by Crippen LogP contribution is -2.15. The Kier molecular flexibility index (Phi) is 1.28. The van der Waals surface area contributed by atoms with Crippen LogP contribution < -0.4 is 5.32 Å². The van der Waals surface area contributed by atoms with E-state index in [4.69, 9.17) is 4.74 Å². The fourth-order valence-corrected chi connectivity index (χ4v) is 0.987. The van der Waals surface area contributed by atoms with Gasteiger partial charge in [-0.2, -0.15) is 0 Å². The van der Waals surface area contributed by atoms with E-state index in [0.29, 0.717) is 6.61 Å². The molecule has 0 unspecified atom stereocenters. The van der Waals surface area contributed by atoms with Crippen molar-refractivity contribution in [1.29, 1.82) is 0 Å². The van der Waals surface area contributed by atoms with Gasteiger partial charge in [0.1, 0.15) is 6.61 Å². The number of anilines is 1. The van der Waals surface area contributed by atoms with E-state index >= 15 is 0 Å². The Balaban J connectivity index is 2.42. The number of hydrogen-bond acceptors (Lipinski definition) is 2. The average Bonchev–Trinajstić information content (AvgIpc) is 1.98. The van der Waals surface area contributed by atoms with Gasteiger partial charge in [-0.05, 0) is 17.7 Å². The summed E-state index contributed by atoms with van der Waals surface area (Å²) in [7, 11) is 0. The smallest absolute Gasteiger partial charge is 0.411 e. The Morgan fingerprint density at radius 3 is 2.73 bits per heavy atom. The first-order chi connectivity index (χ1) is 5.34. The van der Waals surface area contributed by atoms with E-state index in [1.807, 2.05) is 24.3 Å². The maximum absolute atomic E-state index is 10.8. The van der Waals surface area contributed by atoms with Crippen molar-refractivity contribution < 1.29 is 9.53 Å². The predicted molar refractivity (Wildman–Crippen MR) is 40.2 cm³/mol. The van der Waals surface area contributed by atoms with Crippen molar-refractivity contribution >= 4 is 11.8 Å². The molecule has 2 aliphatic heterocycles. The van der Waals surface area contributed by atoms with Crippen molar-refractivity contribution in [3.63, 3.8) is 0 Å². The second-order valence-electron chi connectivity index (χ2n) is 2.40. The van der Waals surface area contributed by atoms with Crippen LogP contribution in [0.3, 0.4) is 0 Å². The molecule has 11 heavy (non-hydrogen) atoms. The number of carbonyl (C=O) groups is 1. The van der Waals surface area contributed by atoms with Gasteiger partial charge in [0.15, 0.2) is 0 Å². The summed E-state index contributed by atoms with van der Waals surface area (Å²) in [4.78, 5) is 10.8. The maximum atomic E-state index is 10.8. The highest BCUT2D eigenvalue weighted by Gasteiger charge is 2.07. The molecule has 0 radical (unpaired) electrons. The monoisotopic (exact) mass is 149 g/mol. The minimum atomic E-state index is -0.383. The molecule has 0 fully saturated rings. The van der Waals surface area contributed by atoms with E-state index in [-0.39, 0.29) is 6.09 Å². The quantitative estimate of drug-likeness (QED) is 0.610. The van der Waals surface area contributed by atoms with Crippen LogP contribution in [0, 0.1) is 0 Å². The largest absolute Gasteiger partial charge is 0.444 e. The number of hydrogen-bond donors (Lipinski definition) is 1. The van der Waals surface area contributed by atoms with Crippen LogP contribution in [0.15, 0.2) is 24.3 Å². The van der Waals surface area contributed by atoms with Gasteiger partial charge >= 0.3 is 6.09 Å². The molecule has 1 aromatic carbocycles. The van der Waals surface area contributed by atoms with E-state index in [2.05, 4.69) is 5.32 Å². The summed E-state index contributed by atoms with van der Waals surface area (Å²) in [5.74, 6) is 0. The molecule has 2 aliphatic rings. The SMILES string of the molecule is O=C1Nc2ccc(cc2)CO1. The molecular weight excluding hydrogens is 142 g/mol. The average molecular weight is 149 g/mol. The van der Waals surface area contributed by atoms with E-state index < -0.39 is 0 Å². The summed E-state index contributed by atoms with van der Waals surface area (Å²) >= 11 is 0. The Hall–Kier alpha value is -1.51. The Morgan fingerprint density at radius 1 is 1.27 bits per heavy atom. The first-order valence-corrected chi connectivity index (χ1v) is 3.37. The van der Waals surface area contributed by atoms with E-state index in [9.17, 15) is 4.79 Å². The van der Waals surface area contributed by atoms with Gasteiger partial charge in [-0.15, -0.1) is 0 Å². The molecule has 0 aliphatic carbocycles. The number of fused-ring (bicyclic) bond motifs is 5. The third kappa shape index (κ3) is 1.17. The van der Waals surface area contributed by atoms with Gasteiger partial charge in [-0.3, -0.25) is 5.32 Å². The van der Waals surface area contributed by atoms with Gasteiger partial charge in [0.05, 0.1) is 0 Å². The second-order valence-corrected chi connectivity index (χ2v) is 2.40. The van der Waals surface area contributed by atoms with Crippen LogP contribution in [0.25, 0.3) is 0 Å². The molecule has 0 saturated heterocycles. The Morgan fingerprint density at radius 2 is 2.00 bits per heavy atom. The number of nitrogens with one attached hydrogen (secondary N) is 1. The Labute approximate surface area is 64.0 Å². The fourth-order valence-electron chi connectivity index (χ4n) is 0.987. The third-order valence-corrected chi connectivity index (χ3v) is 1.57. The van der Waals surface area contributed by atoms with E-state index in [0.717, 1.165) is 11.3 Å². The molecule has 3 heteroatoms. The second kappa shape index (κ2) is 2.27. The van der Waals surface area contributed by atoms with Crippen LogP contribution in [0.4, 0.5) is 10.5 Å². The molecule has 1 N–H and O–H groups in total. The topological polar surface area (TPSA) is 38.3 Å². The van der Waals surface area contributed by atoms with Crippen LogP contribution in [-0.4, -0.2) is 6.09 Å². The van der Waals surface area contributed by atoms with Crippen molar-refractivity contribution in [2.75, 3.05) is 5.32 Å². The lowest BCUT2D eigenvalue weighted by molar-refractivity contribution is 0.154. The number of carbonyl (C=O) groups excluding carboxylic acids is 1. The number of rotatable bonds is 0. The highest BCUT2D eigenvalue weighted by Crippen LogP contribution is 2.13. The summed E-state index contributed by atoms with van der Waals surface area (Å²) in [5, 5.41) is 2.58. The molecule has 0 saturated carbocycles. The van der Waals surface area contributed by atoms with Crippen LogP contribution in [0.2, 0.25) is 0 Å². The molecule has 1 aromatic rings. The first-order valence-electron chi connectivity index (χ1n) is 3.37. The third-order valence-electron chi connectivity index (χ3n) is 1.57. The summed E-state index contributed by atoms with van der Waals surface area (Å²) < 4.78 is 4.81. The highest BCUT2D eigenvalue weighted by molar-refractivity contribution is 5.85. The van der Waals surface area contributed by atoms with Gasteiger partial charge < -0.3 is 4.74 Å². The van der Waals surface area contributed by atoms with Crippen LogP contribution >= 0.6 is 0 Å². The summed E-state index contributed by atoms with van der Waals surface area (Å²) in [6.45, 7) is 0.353. The zero-order valence-electron chi connectivity index (χ0n) is 5.83. The number of ether oxygens (including phenoxy) is 1. The van der Waals surface area contributed by atoms with Crippen LogP contribution in [-0.2, 0) is 11.3 Å². The normalized spacial score (nSPS) is 14.7. The zero-order chi connectivity index (χ0) is 7.68. The predicted octanol–water partition coefficient (Wildman–Crippen LogP) is 1.75. The molecule has 0 spiro atoms. The van der Waals surface area contributed by atoms with Crippen LogP contribution in [0.1, 0.15) is 5.56 Å². The minimum absolute atomic E-state index is 0.353. The van der Waals surface area contributed by atoms with Crippen molar-refractivity contribution in [2.24, 2.45) is 0 Å². The zero-order valence-corrected chi connectivity index (χ0v) is 5.83. The van der Waals surface area contributed by atoms with Crippen molar-refractivity contribution in [1.82, 2.24) is 0 Å². The fraction of sp³-hybridized carbons (Fsp3) is 0.125. The van der Waals surface area contributed by atoms with Gasteiger partial charge in [-0.1, -0.05) is 12.1 Å². The molecule has 0 atom stereocenters. The first kappa shape index (κ1) is 6.22. The van der Waals surface area contributed by atoms with Crippen molar-refractivity contribution in [2.45, 2.75) is 6.61 Å². The molecule has 2 heterocycles. The molecule has 2 bridgehead atoms. The van der Waals surface area contributed by atoms with Gasteiger partial charge in [0.25, 0.3) is 0 Å². The lowest BCUT2D eigenvalue weighted by Gasteiger charge is -2.11. The molecule has 1 amide bonds. The number of benzene rings is 1. The van der Waals surface area contributed by atoms with E-state index in [1.165, 1.54) is 0 Å².